The van der Waals surface area contributed by atoms with Crippen LogP contribution in [0.2, 0.25) is 0 Å². The van der Waals surface area contributed by atoms with Gasteiger partial charge in [-0.1, -0.05) is 6.92 Å². The van der Waals surface area contributed by atoms with Gasteiger partial charge in [0, 0.05) is 19.0 Å². The summed E-state index contributed by atoms with van der Waals surface area (Å²) in [5.74, 6) is 1.13. The van der Waals surface area contributed by atoms with Crippen LogP contribution in [0.5, 0.6) is 0 Å². The van der Waals surface area contributed by atoms with Crippen LogP contribution < -0.4 is 0 Å². The van der Waals surface area contributed by atoms with Crippen LogP contribution in [-0.2, 0) is 4.79 Å². The number of amides is 1. The summed E-state index contributed by atoms with van der Waals surface area (Å²) < 4.78 is 0. The van der Waals surface area contributed by atoms with Gasteiger partial charge in [0.25, 0.3) is 0 Å². The van der Waals surface area contributed by atoms with Crippen molar-refractivity contribution in [2.75, 3.05) is 6.54 Å². The molecule has 2 atom stereocenters. The zero-order chi connectivity index (χ0) is 7.14. The van der Waals surface area contributed by atoms with E-state index in [0.29, 0.717) is 11.9 Å². The Morgan fingerprint density at radius 1 is 1.60 bits per heavy atom. The molecular formula is C8H13NO. The molecule has 0 radical (unpaired) electrons. The molecule has 0 saturated carbocycles. The molecule has 2 aliphatic rings. The largest absolute Gasteiger partial charge is 0.339 e. The summed E-state index contributed by atoms with van der Waals surface area (Å²) in [5, 5.41) is 0. The van der Waals surface area contributed by atoms with Gasteiger partial charge >= 0.3 is 0 Å². The van der Waals surface area contributed by atoms with Crippen molar-refractivity contribution in [2.45, 2.75) is 32.2 Å². The molecule has 0 aromatic rings. The Hall–Kier alpha value is -0.530. The van der Waals surface area contributed by atoms with Gasteiger partial charge in [-0.15, -0.1) is 0 Å². The summed E-state index contributed by atoms with van der Waals surface area (Å²) in [6.07, 6.45) is 3.16. The van der Waals surface area contributed by atoms with Crippen LogP contribution >= 0.6 is 0 Å². The number of rotatable bonds is 0. The van der Waals surface area contributed by atoms with Crippen molar-refractivity contribution in [3.8, 4) is 0 Å². The highest BCUT2D eigenvalue weighted by molar-refractivity contribution is 5.79. The second-order valence-corrected chi connectivity index (χ2v) is 3.58. The van der Waals surface area contributed by atoms with Crippen molar-refractivity contribution in [1.29, 1.82) is 0 Å². The summed E-state index contributed by atoms with van der Waals surface area (Å²) in [7, 11) is 0. The summed E-state index contributed by atoms with van der Waals surface area (Å²) in [6, 6.07) is 0.613. The van der Waals surface area contributed by atoms with Gasteiger partial charge in [0.05, 0.1) is 0 Å². The zero-order valence-corrected chi connectivity index (χ0v) is 6.34. The van der Waals surface area contributed by atoms with Crippen LogP contribution in [0.15, 0.2) is 0 Å². The van der Waals surface area contributed by atoms with E-state index in [4.69, 9.17) is 0 Å². The predicted molar refractivity (Wildman–Crippen MR) is 38.5 cm³/mol. The molecule has 2 nitrogen and oxygen atoms in total. The van der Waals surface area contributed by atoms with E-state index >= 15 is 0 Å². The number of nitrogens with zero attached hydrogens (tertiary/aromatic N) is 1. The highest BCUT2D eigenvalue weighted by atomic mass is 16.2. The monoisotopic (exact) mass is 139 g/mol. The first-order valence-electron chi connectivity index (χ1n) is 4.07. The Labute approximate surface area is 61.2 Å². The molecule has 56 valence electrons. The number of carbonyl (C=O) groups excluding carboxylic acids is 1. The van der Waals surface area contributed by atoms with Crippen LogP contribution in [0, 0.1) is 5.92 Å². The fourth-order valence-corrected chi connectivity index (χ4v) is 2.16. The Morgan fingerprint density at radius 2 is 2.40 bits per heavy atom. The molecule has 2 heteroatoms. The third-order valence-corrected chi connectivity index (χ3v) is 2.64. The van der Waals surface area contributed by atoms with E-state index in [0.717, 1.165) is 25.3 Å². The fraction of sp³-hybridized carbons (Fsp3) is 0.875. The number of hydrogen-bond donors (Lipinski definition) is 0. The van der Waals surface area contributed by atoms with Gasteiger partial charge in [-0.3, -0.25) is 4.79 Å². The lowest BCUT2D eigenvalue weighted by Gasteiger charge is -2.13. The molecule has 0 bridgehead atoms. The third-order valence-electron chi connectivity index (χ3n) is 2.64. The molecule has 10 heavy (non-hydrogen) atoms. The van der Waals surface area contributed by atoms with Crippen LogP contribution in [0.25, 0.3) is 0 Å². The maximum Gasteiger partial charge on any atom is 0.222 e. The van der Waals surface area contributed by atoms with E-state index in [9.17, 15) is 4.79 Å². The number of fused-ring (bicyclic) bond motifs is 1. The lowest BCUT2D eigenvalue weighted by Crippen LogP contribution is -2.27. The lowest BCUT2D eigenvalue weighted by atomic mass is 10.1. The second kappa shape index (κ2) is 1.97. The standard InChI is InChI=1S/C8H13NO/c1-6-4-7-2-3-8(10)9(7)5-6/h6-7H,2-5H2,1H3/t6-,7-/m0/s1. The first kappa shape index (κ1) is 6.20. The number of carbonyl (C=O) groups is 1. The third kappa shape index (κ3) is 0.746. The van der Waals surface area contributed by atoms with E-state index < -0.39 is 0 Å². The molecular weight excluding hydrogens is 126 g/mol. The van der Waals surface area contributed by atoms with Gasteiger partial charge in [0.15, 0.2) is 0 Å². The Kier molecular flexibility index (Phi) is 1.22. The molecule has 2 fully saturated rings. The van der Waals surface area contributed by atoms with Gasteiger partial charge in [0.2, 0.25) is 5.91 Å². The van der Waals surface area contributed by atoms with Gasteiger partial charge in [-0.2, -0.15) is 0 Å². The van der Waals surface area contributed by atoms with Crippen molar-refractivity contribution in [2.24, 2.45) is 5.92 Å². The first-order valence-corrected chi connectivity index (χ1v) is 4.07. The molecule has 2 saturated heterocycles. The lowest BCUT2D eigenvalue weighted by molar-refractivity contribution is -0.128. The Morgan fingerprint density at radius 3 is 3.10 bits per heavy atom. The SMILES string of the molecule is C[C@H]1C[C@@H]2CCC(=O)N2C1. The van der Waals surface area contributed by atoms with Gasteiger partial charge < -0.3 is 4.90 Å². The van der Waals surface area contributed by atoms with E-state index in [1.165, 1.54) is 6.42 Å². The van der Waals surface area contributed by atoms with Gasteiger partial charge in [-0.25, -0.2) is 0 Å². The molecule has 1 amide bonds. The Bertz CT molecular complexity index is 167. The second-order valence-electron chi connectivity index (χ2n) is 3.58. The van der Waals surface area contributed by atoms with Crippen LogP contribution in [0.4, 0.5) is 0 Å². The van der Waals surface area contributed by atoms with Crippen molar-refractivity contribution in [3.63, 3.8) is 0 Å². The molecule has 0 aromatic carbocycles. The molecule has 2 aliphatic heterocycles. The average Bonchev–Trinajstić information content (AvgIpc) is 2.35. The molecule has 2 heterocycles. The predicted octanol–water partition coefficient (Wildman–Crippen LogP) is 1.02. The van der Waals surface area contributed by atoms with E-state index in [1.807, 2.05) is 0 Å². The summed E-state index contributed by atoms with van der Waals surface area (Å²) in [5.41, 5.74) is 0. The zero-order valence-electron chi connectivity index (χ0n) is 6.34. The molecule has 0 unspecified atom stereocenters. The van der Waals surface area contributed by atoms with Crippen LogP contribution in [0.3, 0.4) is 0 Å². The average molecular weight is 139 g/mol. The normalized spacial score (nSPS) is 38.9. The Balaban J connectivity index is 2.12. The topological polar surface area (TPSA) is 20.3 Å². The highest BCUT2D eigenvalue weighted by Gasteiger charge is 2.37. The minimum atomic E-state index is 0.384. The molecule has 0 aromatic heterocycles. The summed E-state index contributed by atoms with van der Waals surface area (Å²) in [6.45, 7) is 3.25. The van der Waals surface area contributed by atoms with Crippen molar-refractivity contribution in [3.05, 3.63) is 0 Å². The van der Waals surface area contributed by atoms with Crippen molar-refractivity contribution in [1.82, 2.24) is 4.90 Å². The highest BCUT2D eigenvalue weighted by Crippen LogP contribution is 2.31. The minimum absolute atomic E-state index is 0.384. The van der Waals surface area contributed by atoms with Gasteiger partial charge in [0.1, 0.15) is 0 Å². The number of hydrogen-bond acceptors (Lipinski definition) is 1. The molecule has 0 N–H and O–H groups in total. The first-order chi connectivity index (χ1) is 4.77. The smallest absolute Gasteiger partial charge is 0.222 e. The van der Waals surface area contributed by atoms with Crippen molar-refractivity contribution < 1.29 is 4.79 Å². The van der Waals surface area contributed by atoms with Gasteiger partial charge in [-0.05, 0) is 18.8 Å². The molecule has 0 spiro atoms. The van der Waals surface area contributed by atoms with E-state index in [2.05, 4.69) is 11.8 Å². The summed E-state index contributed by atoms with van der Waals surface area (Å²) >= 11 is 0. The van der Waals surface area contributed by atoms with Crippen LogP contribution in [0.1, 0.15) is 26.2 Å². The maximum absolute atomic E-state index is 11.1. The quantitative estimate of drug-likeness (QED) is 0.490. The van der Waals surface area contributed by atoms with E-state index in [-0.39, 0.29) is 0 Å². The van der Waals surface area contributed by atoms with Crippen molar-refractivity contribution >= 4 is 5.91 Å². The van der Waals surface area contributed by atoms with E-state index in [1.54, 1.807) is 0 Å². The minimum Gasteiger partial charge on any atom is -0.339 e. The molecule has 0 aliphatic carbocycles. The molecule has 2 rings (SSSR count). The van der Waals surface area contributed by atoms with Crippen LogP contribution in [-0.4, -0.2) is 23.4 Å². The fourth-order valence-electron chi connectivity index (χ4n) is 2.16. The summed E-state index contributed by atoms with van der Waals surface area (Å²) in [4.78, 5) is 13.2. The maximum atomic E-state index is 11.1.